The van der Waals surface area contributed by atoms with Crippen molar-refractivity contribution in [2.24, 2.45) is 0 Å². The van der Waals surface area contributed by atoms with Gasteiger partial charge < -0.3 is 4.57 Å². The van der Waals surface area contributed by atoms with E-state index in [0.29, 0.717) is 5.78 Å². The monoisotopic (exact) mass is 352 g/mol. The molecule has 9 heteroatoms. The second-order valence-corrected chi connectivity index (χ2v) is 6.49. The van der Waals surface area contributed by atoms with Crippen molar-refractivity contribution in [2.45, 2.75) is 37.0 Å². The van der Waals surface area contributed by atoms with Gasteiger partial charge in [-0.1, -0.05) is 6.92 Å². The fourth-order valence-electron chi connectivity index (χ4n) is 2.57. The SMILES string of the molecule is CCCn1c(Sc2cc(C)nc3ncnn23)nnc1-c1ccncc1. The Hall–Kier alpha value is -2.81. The highest BCUT2D eigenvalue weighted by Gasteiger charge is 2.16. The van der Waals surface area contributed by atoms with Gasteiger partial charge in [-0.2, -0.15) is 14.6 Å². The van der Waals surface area contributed by atoms with Crippen molar-refractivity contribution in [2.75, 3.05) is 0 Å². The predicted octanol–water partition coefficient (Wildman–Crippen LogP) is 2.65. The Morgan fingerprint density at radius 1 is 1.16 bits per heavy atom. The van der Waals surface area contributed by atoms with Gasteiger partial charge in [-0.25, -0.2) is 4.98 Å². The molecule has 4 aromatic heterocycles. The molecule has 0 radical (unpaired) electrons. The van der Waals surface area contributed by atoms with Gasteiger partial charge in [-0.15, -0.1) is 10.2 Å². The van der Waals surface area contributed by atoms with Crippen LogP contribution in [0.15, 0.2) is 47.1 Å². The zero-order valence-corrected chi connectivity index (χ0v) is 14.7. The van der Waals surface area contributed by atoms with E-state index in [-0.39, 0.29) is 0 Å². The molecule has 0 atom stereocenters. The molecule has 4 aromatic rings. The lowest BCUT2D eigenvalue weighted by Gasteiger charge is -2.09. The van der Waals surface area contributed by atoms with Crippen LogP contribution in [0.2, 0.25) is 0 Å². The summed E-state index contributed by atoms with van der Waals surface area (Å²) in [6, 6.07) is 5.86. The lowest BCUT2D eigenvalue weighted by Crippen LogP contribution is -2.03. The summed E-state index contributed by atoms with van der Waals surface area (Å²) in [5.74, 6) is 1.42. The Morgan fingerprint density at radius 2 is 2.00 bits per heavy atom. The van der Waals surface area contributed by atoms with E-state index in [1.54, 1.807) is 16.9 Å². The van der Waals surface area contributed by atoms with E-state index in [2.05, 4.69) is 41.7 Å². The molecule has 25 heavy (non-hydrogen) atoms. The first kappa shape index (κ1) is 15.7. The highest BCUT2D eigenvalue weighted by Crippen LogP contribution is 2.29. The van der Waals surface area contributed by atoms with Gasteiger partial charge in [-0.3, -0.25) is 4.98 Å². The summed E-state index contributed by atoms with van der Waals surface area (Å²) in [5.41, 5.74) is 1.89. The highest BCUT2D eigenvalue weighted by atomic mass is 32.2. The van der Waals surface area contributed by atoms with Crippen LogP contribution in [-0.4, -0.2) is 39.3 Å². The molecular formula is C16H16N8S. The molecule has 126 valence electrons. The summed E-state index contributed by atoms with van der Waals surface area (Å²) in [6.45, 7) is 4.91. The molecule has 0 aliphatic carbocycles. The summed E-state index contributed by atoms with van der Waals surface area (Å²) < 4.78 is 3.84. The van der Waals surface area contributed by atoms with Crippen LogP contribution in [0.4, 0.5) is 0 Å². The summed E-state index contributed by atoms with van der Waals surface area (Å²) in [6.07, 6.45) is 6.01. The van der Waals surface area contributed by atoms with Crippen LogP contribution in [0.3, 0.4) is 0 Å². The molecule has 0 saturated carbocycles. The quantitative estimate of drug-likeness (QED) is 0.510. The van der Waals surface area contributed by atoms with E-state index in [9.17, 15) is 0 Å². The average Bonchev–Trinajstić information content (AvgIpc) is 3.23. The zero-order valence-electron chi connectivity index (χ0n) is 13.9. The minimum absolute atomic E-state index is 0.582. The first-order valence-corrected chi connectivity index (χ1v) is 8.76. The second kappa shape index (κ2) is 6.60. The number of nitrogens with zero attached hydrogens (tertiary/aromatic N) is 8. The summed E-state index contributed by atoms with van der Waals surface area (Å²) in [4.78, 5) is 12.6. The van der Waals surface area contributed by atoms with Crippen LogP contribution in [0, 0.1) is 6.92 Å². The number of hydrogen-bond acceptors (Lipinski definition) is 7. The second-order valence-electron chi connectivity index (χ2n) is 5.50. The molecule has 4 heterocycles. The third kappa shape index (κ3) is 2.98. The van der Waals surface area contributed by atoms with E-state index in [0.717, 1.165) is 40.2 Å². The van der Waals surface area contributed by atoms with Crippen molar-refractivity contribution in [3.63, 3.8) is 0 Å². The van der Waals surface area contributed by atoms with E-state index in [1.807, 2.05) is 25.1 Å². The fraction of sp³-hybridized carbons (Fsp3) is 0.250. The number of aryl methyl sites for hydroxylation is 1. The minimum atomic E-state index is 0.582. The number of rotatable bonds is 5. The van der Waals surface area contributed by atoms with Gasteiger partial charge in [-0.05, 0) is 43.3 Å². The van der Waals surface area contributed by atoms with Gasteiger partial charge in [0.2, 0.25) is 0 Å². The predicted molar refractivity (Wildman–Crippen MR) is 93.2 cm³/mol. The Morgan fingerprint density at radius 3 is 2.80 bits per heavy atom. The molecule has 0 aliphatic heterocycles. The van der Waals surface area contributed by atoms with Crippen molar-refractivity contribution < 1.29 is 0 Å². The molecule has 0 spiro atoms. The molecule has 8 nitrogen and oxygen atoms in total. The Balaban J connectivity index is 1.78. The van der Waals surface area contributed by atoms with Crippen molar-refractivity contribution in [3.8, 4) is 11.4 Å². The maximum atomic E-state index is 4.40. The summed E-state index contributed by atoms with van der Waals surface area (Å²) >= 11 is 1.51. The number of hydrogen-bond donors (Lipinski definition) is 0. The molecule has 0 bridgehead atoms. The largest absolute Gasteiger partial charge is 0.302 e. The number of aromatic nitrogens is 8. The van der Waals surface area contributed by atoms with Crippen molar-refractivity contribution >= 4 is 17.5 Å². The Labute approximate surface area is 148 Å². The first-order chi connectivity index (χ1) is 12.3. The third-order valence-corrected chi connectivity index (χ3v) is 4.63. The molecule has 0 saturated heterocycles. The maximum absolute atomic E-state index is 4.40. The summed E-state index contributed by atoms with van der Waals surface area (Å²) in [7, 11) is 0. The van der Waals surface area contributed by atoms with Crippen molar-refractivity contribution in [1.29, 1.82) is 0 Å². The number of pyridine rings is 1. The van der Waals surface area contributed by atoms with Gasteiger partial charge in [0, 0.05) is 30.2 Å². The molecule has 0 amide bonds. The molecule has 0 aliphatic rings. The van der Waals surface area contributed by atoms with Crippen molar-refractivity contribution in [3.05, 3.63) is 42.6 Å². The van der Waals surface area contributed by atoms with Gasteiger partial charge in [0.05, 0.1) is 0 Å². The lowest BCUT2D eigenvalue weighted by atomic mass is 10.2. The van der Waals surface area contributed by atoms with Crippen LogP contribution < -0.4 is 0 Å². The standard InChI is InChI=1S/C16H16N8S/c1-3-8-23-14(12-4-6-17-7-5-12)21-22-16(23)25-13-9-11(2)20-15-18-10-19-24(13)15/h4-7,9-10H,3,8H2,1-2H3. The van der Waals surface area contributed by atoms with Crippen LogP contribution in [0.5, 0.6) is 0 Å². The van der Waals surface area contributed by atoms with Gasteiger partial charge in [0.1, 0.15) is 11.4 Å². The zero-order chi connectivity index (χ0) is 17.2. The van der Waals surface area contributed by atoms with E-state index in [1.165, 1.54) is 18.1 Å². The molecule has 0 fully saturated rings. The van der Waals surface area contributed by atoms with E-state index < -0.39 is 0 Å². The van der Waals surface area contributed by atoms with Crippen LogP contribution in [0.1, 0.15) is 19.0 Å². The van der Waals surface area contributed by atoms with E-state index >= 15 is 0 Å². The average molecular weight is 352 g/mol. The van der Waals surface area contributed by atoms with Crippen molar-refractivity contribution in [1.82, 2.24) is 39.3 Å². The first-order valence-electron chi connectivity index (χ1n) is 7.95. The molecule has 4 rings (SSSR count). The van der Waals surface area contributed by atoms with Gasteiger partial charge in [0.15, 0.2) is 11.0 Å². The number of fused-ring (bicyclic) bond motifs is 1. The van der Waals surface area contributed by atoms with Gasteiger partial charge >= 0.3 is 0 Å². The van der Waals surface area contributed by atoms with Crippen LogP contribution in [0.25, 0.3) is 17.2 Å². The van der Waals surface area contributed by atoms with Gasteiger partial charge in [0.25, 0.3) is 5.78 Å². The summed E-state index contributed by atoms with van der Waals surface area (Å²) in [5, 5.41) is 14.8. The van der Waals surface area contributed by atoms with E-state index in [4.69, 9.17) is 0 Å². The maximum Gasteiger partial charge on any atom is 0.253 e. The third-order valence-electron chi connectivity index (χ3n) is 3.65. The molecule has 0 unspecified atom stereocenters. The fourth-order valence-corrected chi connectivity index (χ4v) is 3.57. The normalized spacial score (nSPS) is 11.3. The molecule has 0 N–H and O–H groups in total. The minimum Gasteiger partial charge on any atom is -0.302 e. The Kier molecular flexibility index (Phi) is 4.14. The van der Waals surface area contributed by atoms with Crippen LogP contribution in [-0.2, 0) is 6.54 Å². The molecule has 0 aromatic carbocycles. The Bertz CT molecular complexity index is 1010. The molecular weight excluding hydrogens is 336 g/mol. The van der Waals surface area contributed by atoms with Crippen LogP contribution >= 0.6 is 11.8 Å². The highest BCUT2D eigenvalue weighted by molar-refractivity contribution is 7.99. The smallest absolute Gasteiger partial charge is 0.253 e. The lowest BCUT2D eigenvalue weighted by molar-refractivity contribution is 0.625. The topological polar surface area (TPSA) is 86.7 Å².